The van der Waals surface area contributed by atoms with Crippen molar-refractivity contribution in [3.8, 4) is 0 Å². The first-order chi connectivity index (χ1) is 21.0. The number of carbonyl (C=O) groups is 3. The van der Waals surface area contributed by atoms with Crippen molar-refractivity contribution in [2.24, 2.45) is 5.73 Å². The quantitative estimate of drug-likeness (QED) is 0.281. The van der Waals surface area contributed by atoms with Crippen molar-refractivity contribution in [1.29, 1.82) is 0 Å². The zero-order valence-electron chi connectivity index (χ0n) is 24.0. The first-order valence-electron chi connectivity index (χ1n) is 14.3. The van der Waals surface area contributed by atoms with Crippen molar-refractivity contribution in [1.82, 2.24) is 20.2 Å². The summed E-state index contributed by atoms with van der Waals surface area (Å²) in [4.78, 5) is 50.2. The summed E-state index contributed by atoms with van der Waals surface area (Å²) in [5, 5.41) is 6.40. The highest BCUT2D eigenvalue weighted by molar-refractivity contribution is 7.99. The van der Waals surface area contributed by atoms with E-state index in [1.165, 1.54) is 22.7 Å². The van der Waals surface area contributed by atoms with Gasteiger partial charge in [-0.2, -0.15) is 0 Å². The third-order valence-corrected chi connectivity index (χ3v) is 9.90. The van der Waals surface area contributed by atoms with Gasteiger partial charge in [-0.1, -0.05) is 29.4 Å². The van der Waals surface area contributed by atoms with E-state index in [1.54, 1.807) is 18.3 Å². The van der Waals surface area contributed by atoms with E-state index < -0.39 is 23.7 Å². The van der Waals surface area contributed by atoms with Crippen LogP contribution in [0.15, 0.2) is 46.5 Å². The van der Waals surface area contributed by atoms with Crippen LogP contribution in [0, 0.1) is 5.82 Å². The van der Waals surface area contributed by atoms with Crippen molar-refractivity contribution in [3.63, 3.8) is 0 Å². The van der Waals surface area contributed by atoms with E-state index in [0.717, 1.165) is 25.9 Å². The van der Waals surface area contributed by atoms with Gasteiger partial charge in [-0.15, -0.1) is 0 Å². The molecule has 0 aliphatic carbocycles. The first kappa shape index (κ1) is 30.1. The van der Waals surface area contributed by atoms with Gasteiger partial charge in [0, 0.05) is 54.2 Å². The Bertz CT molecular complexity index is 1660. The van der Waals surface area contributed by atoms with E-state index in [0.29, 0.717) is 43.4 Å². The number of benzene rings is 2. The second-order valence-electron chi connectivity index (χ2n) is 11.6. The van der Waals surface area contributed by atoms with Gasteiger partial charge in [0.2, 0.25) is 11.8 Å². The Morgan fingerprint density at radius 3 is 2.73 bits per heavy atom. The fourth-order valence-corrected chi connectivity index (χ4v) is 6.78. The number of nitrogen functional groups attached to an aromatic ring is 1. The maximum atomic E-state index is 15.1. The molecule has 1 unspecified atom stereocenters. The fraction of sp³-hybridized carbons (Fsp3) is 0.367. The fourth-order valence-electron chi connectivity index (χ4n) is 5.66. The number of amides is 3. The molecule has 0 radical (unpaired) electrons. The third kappa shape index (κ3) is 6.04. The molecule has 0 bridgehead atoms. The molecule has 0 spiro atoms. The molecular formula is C30H32ClFN8O3S. The van der Waals surface area contributed by atoms with Crippen LogP contribution in [-0.2, 0) is 22.7 Å². The number of halogens is 2. The minimum atomic E-state index is -0.765. The Hall–Kier alpha value is -3.94. The van der Waals surface area contributed by atoms with Gasteiger partial charge in [-0.25, -0.2) is 14.4 Å². The molecule has 2 aromatic carbocycles. The number of nitrogens with two attached hydrogens (primary N) is 2. The highest BCUT2D eigenvalue weighted by Gasteiger charge is 2.39. The lowest BCUT2D eigenvalue weighted by Crippen LogP contribution is -2.52. The predicted octanol–water partition coefficient (Wildman–Crippen LogP) is 3.69. The molecule has 1 aromatic heterocycles. The number of carbonyl (C=O) groups excluding carboxylic acids is 3. The summed E-state index contributed by atoms with van der Waals surface area (Å²) in [6.45, 7) is 3.89. The SMILES string of the molecule is CC1(N)CCN(c2cnc(Sc3cccc(NCc4cc5c(cc4F)C(=O)N(C4CCC(=O)NC4=O)C5)c3Cl)c(N)n2)CC1. The van der Waals surface area contributed by atoms with Crippen molar-refractivity contribution in [2.75, 3.05) is 29.0 Å². The Balaban J connectivity index is 1.13. The van der Waals surface area contributed by atoms with E-state index in [-0.39, 0.29) is 42.9 Å². The molecule has 2 fully saturated rings. The zero-order chi connectivity index (χ0) is 31.2. The Labute approximate surface area is 262 Å². The van der Waals surface area contributed by atoms with E-state index in [2.05, 4.69) is 32.4 Å². The molecule has 6 rings (SSSR count). The number of nitrogens with zero attached hydrogens (tertiary/aromatic N) is 4. The topological polar surface area (TPSA) is 160 Å². The summed E-state index contributed by atoms with van der Waals surface area (Å²) in [6, 6.07) is 7.51. The molecule has 14 heteroatoms. The molecule has 4 heterocycles. The summed E-state index contributed by atoms with van der Waals surface area (Å²) in [5.74, 6) is -0.845. The average Bonchev–Trinajstić information content (AvgIpc) is 3.29. The molecule has 3 aromatic rings. The average molecular weight is 639 g/mol. The van der Waals surface area contributed by atoms with Crippen molar-refractivity contribution in [3.05, 3.63) is 64.1 Å². The molecule has 0 saturated carbocycles. The van der Waals surface area contributed by atoms with Crippen LogP contribution in [0.25, 0.3) is 0 Å². The van der Waals surface area contributed by atoms with Gasteiger partial charge in [0.1, 0.15) is 22.7 Å². The second-order valence-corrected chi connectivity index (χ2v) is 13.0. The highest BCUT2D eigenvalue weighted by Crippen LogP contribution is 2.39. The molecular weight excluding hydrogens is 607 g/mol. The van der Waals surface area contributed by atoms with Crippen molar-refractivity contribution >= 4 is 58.4 Å². The molecule has 230 valence electrons. The standard InChI is InChI=1S/C30H32ClFN8O3S/c1-30(34)7-9-39(10-8-30)23-14-36-28(26(33)37-23)44-22-4-2-3-20(25(22)31)35-13-16-11-17-15-40(29(43)18(17)12-19(16)32)21-5-6-24(41)38-27(21)42/h2-4,11-12,14,21,35H,5-10,13,15,34H2,1H3,(H2,33,37)(H,38,41,42). The minimum Gasteiger partial charge on any atom is -0.381 e. The van der Waals surface area contributed by atoms with Crippen LogP contribution >= 0.6 is 23.4 Å². The number of hydrogen-bond donors (Lipinski definition) is 4. The molecule has 3 aliphatic rings. The van der Waals surface area contributed by atoms with E-state index in [9.17, 15) is 14.4 Å². The lowest BCUT2D eigenvalue weighted by Gasteiger charge is -2.37. The van der Waals surface area contributed by atoms with E-state index in [4.69, 9.17) is 23.1 Å². The largest absolute Gasteiger partial charge is 0.381 e. The third-order valence-electron chi connectivity index (χ3n) is 8.31. The molecule has 1 atom stereocenters. The van der Waals surface area contributed by atoms with Crippen LogP contribution in [0.1, 0.15) is 54.1 Å². The number of nitrogens with one attached hydrogen (secondary N) is 2. The van der Waals surface area contributed by atoms with Gasteiger partial charge in [-0.3, -0.25) is 19.7 Å². The number of imide groups is 1. The smallest absolute Gasteiger partial charge is 0.255 e. The lowest BCUT2D eigenvalue weighted by atomic mass is 9.91. The summed E-state index contributed by atoms with van der Waals surface area (Å²) in [6.07, 6.45) is 3.80. The molecule has 11 nitrogen and oxygen atoms in total. The van der Waals surface area contributed by atoms with Gasteiger partial charge in [0.15, 0.2) is 5.82 Å². The van der Waals surface area contributed by atoms with E-state index in [1.807, 2.05) is 12.1 Å². The lowest BCUT2D eigenvalue weighted by molar-refractivity contribution is -0.136. The van der Waals surface area contributed by atoms with Crippen molar-refractivity contribution < 1.29 is 18.8 Å². The molecule has 44 heavy (non-hydrogen) atoms. The Morgan fingerprint density at radius 2 is 2.00 bits per heavy atom. The highest BCUT2D eigenvalue weighted by atomic mass is 35.5. The Morgan fingerprint density at radius 1 is 1.23 bits per heavy atom. The summed E-state index contributed by atoms with van der Waals surface area (Å²) in [7, 11) is 0. The Kier molecular flexibility index (Phi) is 8.12. The maximum Gasteiger partial charge on any atom is 0.255 e. The number of rotatable bonds is 7. The van der Waals surface area contributed by atoms with Gasteiger partial charge in [0.05, 0.1) is 16.9 Å². The van der Waals surface area contributed by atoms with Crippen LogP contribution in [0.2, 0.25) is 5.02 Å². The number of anilines is 3. The van der Waals surface area contributed by atoms with Crippen LogP contribution in [0.4, 0.5) is 21.7 Å². The second kappa shape index (κ2) is 11.9. The molecule has 2 saturated heterocycles. The normalized spacial score (nSPS) is 19.6. The summed E-state index contributed by atoms with van der Waals surface area (Å²) >= 11 is 8.03. The summed E-state index contributed by atoms with van der Waals surface area (Å²) < 4.78 is 15.1. The summed E-state index contributed by atoms with van der Waals surface area (Å²) in [5.41, 5.74) is 14.1. The van der Waals surface area contributed by atoms with Gasteiger partial charge in [-0.05, 0) is 56.0 Å². The number of hydrogen-bond acceptors (Lipinski definition) is 10. The van der Waals surface area contributed by atoms with Crippen molar-refractivity contribution in [2.45, 2.75) is 67.2 Å². The van der Waals surface area contributed by atoms with E-state index >= 15 is 4.39 Å². The van der Waals surface area contributed by atoms with Crippen LogP contribution < -0.4 is 27.0 Å². The maximum absolute atomic E-state index is 15.1. The van der Waals surface area contributed by atoms with Gasteiger partial charge >= 0.3 is 0 Å². The van der Waals surface area contributed by atoms with Crippen LogP contribution in [0.3, 0.4) is 0 Å². The number of piperidine rings is 2. The molecule has 3 aliphatic heterocycles. The zero-order valence-corrected chi connectivity index (χ0v) is 25.6. The van der Waals surface area contributed by atoms with Gasteiger partial charge < -0.3 is 26.6 Å². The number of aromatic nitrogens is 2. The molecule has 6 N–H and O–H groups in total. The monoisotopic (exact) mass is 638 g/mol. The van der Waals surface area contributed by atoms with Crippen LogP contribution in [-0.4, -0.2) is 57.3 Å². The van der Waals surface area contributed by atoms with Crippen LogP contribution in [0.5, 0.6) is 0 Å². The predicted molar refractivity (Wildman–Crippen MR) is 166 cm³/mol. The van der Waals surface area contributed by atoms with Gasteiger partial charge in [0.25, 0.3) is 5.91 Å². The minimum absolute atomic E-state index is 0.105. The number of fused-ring (bicyclic) bond motifs is 1. The first-order valence-corrected chi connectivity index (χ1v) is 15.5. The molecule has 3 amide bonds.